The Hall–Kier alpha value is -3.53. The van der Waals surface area contributed by atoms with E-state index in [1.165, 1.54) is 0 Å². The fourth-order valence-electron chi connectivity index (χ4n) is 6.38. The molecule has 2 aliphatic rings. The molecule has 5 rings (SSSR count). The van der Waals surface area contributed by atoms with Crippen molar-refractivity contribution in [3.05, 3.63) is 64.8 Å². The smallest absolute Gasteiger partial charge is 0.391 e. The van der Waals surface area contributed by atoms with Crippen molar-refractivity contribution in [2.45, 2.75) is 51.4 Å². The molecule has 1 saturated heterocycles. The second kappa shape index (κ2) is 10.2. The van der Waals surface area contributed by atoms with Gasteiger partial charge in [0.25, 0.3) is 5.91 Å². The molecular weight excluding hydrogens is 511 g/mol. The summed E-state index contributed by atoms with van der Waals surface area (Å²) in [6.07, 6.45) is -0.704. The van der Waals surface area contributed by atoms with Gasteiger partial charge in [0.2, 0.25) is 0 Å². The first-order valence-corrected chi connectivity index (χ1v) is 13.0. The van der Waals surface area contributed by atoms with Gasteiger partial charge in [0.1, 0.15) is 12.3 Å². The molecule has 1 aliphatic heterocycles. The van der Waals surface area contributed by atoms with Crippen molar-refractivity contribution >= 4 is 22.8 Å². The number of rotatable bonds is 7. The number of ether oxygens (including phenoxy) is 1. The van der Waals surface area contributed by atoms with Gasteiger partial charge in [-0.1, -0.05) is 12.1 Å². The zero-order valence-corrected chi connectivity index (χ0v) is 21.9. The van der Waals surface area contributed by atoms with Gasteiger partial charge in [-0.25, -0.2) is 0 Å². The molecule has 1 unspecified atom stereocenters. The number of carbonyl (C=O) groups excluding carboxylic acids is 1. The van der Waals surface area contributed by atoms with E-state index in [2.05, 4.69) is 15.2 Å². The molecule has 3 aromatic rings. The zero-order chi connectivity index (χ0) is 27.9. The van der Waals surface area contributed by atoms with E-state index < -0.39 is 30.5 Å². The van der Waals surface area contributed by atoms with Gasteiger partial charge in [-0.15, -0.1) is 0 Å². The maximum atomic E-state index is 13.4. The van der Waals surface area contributed by atoms with Crippen molar-refractivity contribution in [1.82, 2.24) is 15.2 Å². The third-order valence-electron chi connectivity index (χ3n) is 8.47. The van der Waals surface area contributed by atoms with E-state index in [1.54, 1.807) is 19.2 Å². The summed E-state index contributed by atoms with van der Waals surface area (Å²) in [4.78, 5) is 28.7. The van der Waals surface area contributed by atoms with Gasteiger partial charge in [-0.05, 0) is 80.0 Å². The van der Waals surface area contributed by atoms with E-state index in [1.807, 2.05) is 37.4 Å². The van der Waals surface area contributed by atoms with Crippen LogP contribution in [0.4, 0.5) is 13.2 Å². The molecule has 2 aromatic carbocycles. The second-order valence-electron chi connectivity index (χ2n) is 10.9. The summed E-state index contributed by atoms with van der Waals surface area (Å²) in [6.45, 7) is 2.73. The number of amides is 1. The van der Waals surface area contributed by atoms with Crippen molar-refractivity contribution in [2.75, 3.05) is 20.2 Å². The van der Waals surface area contributed by atoms with Gasteiger partial charge in [0.15, 0.2) is 0 Å². The molecule has 39 heavy (non-hydrogen) atoms. The van der Waals surface area contributed by atoms with Gasteiger partial charge in [0, 0.05) is 40.8 Å². The minimum absolute atomic E-state index is 0.145. The van der Waals surface area contributed by atoms with Crippen molar-refractivity contribution in [1.29, 1.82) is 0 Å². The van der Waals surface area contributed by atoms with E-state index in [-0.39, 0.29) is 24.3 Å². The highest BCUT2D eigenvalue weighted by atomic mass is 19.4. The van der Waals surface area contributed by atoms with Crippen LogP contribution in [-0.4, -0.2) is 53.2 Å². The Morgan fingerprint density at radius 2 is 1.90 bits per heavy atom. The number of H-pyrrole nitrogens is 1. The average molecular weight is 544 g/mol. The van der Waals surface area contributed by atoms with E-state index in [4.69, 9.17) is 9.84 Å². The quantitative estimate of drug-likeness (QED) is 0.361. The molecular formula is C29H32F3N3O4. The summed E-state index contributed by atoms with van der Waals surface area (Å²) in [5.41, 5.74) is 3.99. The number of piperidine rings is 1. The molecule has 7 nitrogen and oxygen atoms in total. The topological polar surface area (TPSA) is 94.7 Å². The number of nitrogens with one attached hydrogen (secondary N) is 2. The number of carboxylic acids is 1. The maximum absolute atomic E-state index is 13.4. The lowest BCUT2D eigenvalue weighted by Crippen LogP contribution is -2.51. The van der Waals surface area contributed by atoms with Gasteiger partial charge in [-0.2, -0.15) is 13.2 Å². The highest BCUT2D eigenvalue weighted by Crippen LogP contribution is 2.60. The molecule has 1 spiro atoms. The zero-order valence-electron chi connectivity index (χ0n) is 21.9. The van der Waals surface area contributed by atoms with Crippen LogP contribution in [-0.2, 0) is 11.3 Å². The Balaban J connectivity index is 1.44. The van der Waals surface area contributed by atoms with E-state index in [0.717, 1.165) is 33.3 Å². The number of carboxylic acid groups (broad SMARTS) is 1. The standard InChI is InChI=1S/C29H32F3N3O4/c1-17-11-24(39-2)22(21-7-9-33-26(17)21)16-35-10-8-28(12-20(13-28)29(30,31)32)14-23(35)18-3-5-19(6-4-18)27(38)34-15-25(36)37/h3-7,9,11,20,23,33H,8,10,12-16H2,1-2H3,(H,34,38)(H,36,37). The fraction of sp³-hybridized carbons (Fsp3) is 0.448. The molecule has 1 aromatic heterocycles. The summed E-state index contributed by atoms with van der Waals surface area (Å²) in [5.74, 6) is -2.11. The number of aromatic amines is 1. The molecule has 0 bridgehead atoms. The second-order valence-corrected chi connectivity index (χ2v) is 10.9. The summed E-state index contributed by atoms with van der Waals surface area (Å²) in [7, 11) is 1.64. The third-order valence-corrected chi connectivity index (χ3v) is 8.47. The normalized spacial score (nSPS) is 23.5. The number of aryl methyl sites for hydroxylation is 1. The first-order chi connectivity index (χ1) is 18.5. The lowest BCUT2D eigenvalue weighted by atomic mass is 9.55. The van der Waals surface area contributed by atoms with Gasteiger partial charge in [-0.3, -0.25) is 14.5 Å². The van der Waals surface area contributed by atoms with Crippen LogP contribution in [0.1, 0.15) is 58.8 Å². The van der Waals surface area contributed by atoms with E-state index >= 15 is 0 Å². The monoisotopic (exact) mass is 543 g/mol. The number of benzene rings is 2. The minimum Gasteiger partial charge on any atom is -0.496 e. The molecule has 1 amide bonds. The molecule has 2 fully saturated rings. The predicted octanol–water partition coefficient (Wildman–Crippen LogP) is 5.60. The largest absolute Gasteiger partial charge is 0.496 e. The van der Waals surface area contributed by atoms with E-state index in [9.17, 15) is 22.8 Å². The van der Waals surface area contributed by atoms with Crippen LogP contribution >= 0.6 is 0 Å². The van der Waals surface area contributed by atoms with Gasteiger partial charge in [0.05, 0.1) is 13.0 Å². The number of aliphatic carboxylic acids is 1. The number of nitrogens with zero attached hydrogens (tertiary/aromatic N) is 1. The van der Waals surface area contributed by atoms with Crippen molar-refractivity contribution in [3.63, 3.8) is 0 Å². The Morgan fingerprint density at radius 1 is 1.18 bits per heavy atom. The number of hydrogen-bond donors (Lipinski definition) is 3. The van der Waals surface area contributed by atoms with Crippen LogP contribution in [0.5, 0.6) is 5.75 Å². The maximum Gasteiger partial charge on any atom is 0.391 e. The lowest BCUT2D eigenvalue weighted by molar-refractivity contribution is -0.230. The van der Waals surface area contributed by atoms with Gasteiger partial charge < -0.3 is 20.1 Å². The summed E-state index contributed by atoms with van der Waals surface area (Å²) >= 11 is 0. The number of carbonyl (C=O) groups is 2. The summed E-state index contributed by atoms with van der Waals surface area (Å²) < 4.78 is 45.9. The Kier molecular flexibility index (Phi) is 7.09. The van der Waals surface area contributed by atoms with Crippen molar-refractivity contribution in [2.24, 2.45) is 11.3 Å². The number of aromatic nitrogens is 1. The van der Waals surface area contributed by atoms with Crippen molar-refractivity contribution in [3.8, 4) is 5.75 Å². The van der Waals surface area contributed by atoms with Crippen LogP contribution in [0, 0.1) is 18.3 Å². The highest BCUT2D eigenvalue weighted by molar-refractivity contribution is 5.95. The molecule has 1 saturated carbocycles. The van der Waals surface area contributed by atoms with Crippen LogP contribution in [0.2, 0.25) is 0 Å². The number of hydrogen-bond acceptors (Lipinski definition) is 4. The number of methoxy groups -OCH3 is 1. The molecule has 0 radical (unpaired) electrons. The number of halogens is 3. The minimum atomic E-state index is -4.17. The molecule has 3 N–H and O–H groups in total. The number of alkyl halides is 3. The van der Waals surface area contributed by atoms with Crippen molar-refractivity contribution < 1.29 is 32.6 Å². The molecule has 10 heteroatoms. The molecule has 1 atom stereocenters. The van der Waals surface area contributed by atoms with Crippen LogP contribution in [0.25, 0.3) is 10.9 Å². The highest BCUT2D eigenvalue weighted by Gasteiger charge is 2.57. The predicted molar refractivity (Wildman–Crippen MR) is 140 cm³/mol. The molecule has 1 aliphatic carbocycles. The number of likely N-dealkylation sites (tertiary alicyclic amines) is 1. The average Bonchev–Trinajstić information content (AvgIpc) is 3.38. The lowest BCUT2D eigenvalue weighted by Gasteiger charge is -2.55. The number of fused-ring (bicyclic) bond motifs is 1. The summed E-state index contributed by atoms with van der Waals surface area (Å²) in [5, 5.41) is 12.2. The third kappa shape index (κ3) is 5.34. The van der Waals surface area contributed by atoms with Crippen LogP contribution in [0.15, 0.2) is 42.6 Å². The Labute approximate surface area is 224 Å². The fourth-order valence-corrected chi connectivity index (χ4v) is 6.38. The Morgan fingerprint density at radius 3 is 2.54 bits per heavy atom. The molecule has 208 valence electrons. The van der Waals surface area contributed by atoms with Crippen LogP contribution in [0.3, 0.4) is 0 Å². The van der Waals surface area contributed by atoms with Crippen LogP contribution < -0.4 is 10.1 Å². The van der Waals surface area contributed by atoms with E-state index in [0.29, 0.717) is 31.5 Å². The molecule has 2 heterocycles. The first kappa shape index (κ1) is 27.1. The Bertz CT molecular complexity index is 1380. The SMILES string of the molecule is COc1cc(C)c2[nH]ccc2c1CN1CCC2(CC1c1ccc(C(=O)NCC(=O)O)cc1)CC(C(F)(F)F)C2. The first-order valence-electron chi connectivity index (χ1n) is 13.0. The summed E-state index contributed by atoms with van der Waals surface area (Å²) in [6, 6.07) is 10.8. The van der Waals surface area contributed by atoms with Gasteiger partial charge >= 0.3 is 12.1 Å².